The second-order valence-corrected chi connectivity index (χ2v) is 6.46. The fourth-order valence-electron chi connectivity index (χ4n) is 2.64. The fraction of sp³-hybridized carbons (Fsp3) is 0.143. The molecule has 0 unspecified atom stereocenters. The van der Waals surface area contributed by atoms with Crippen LogP contribution < -0.4 is 20.9 Å². The van der Waals surface area contributed by atoms with E-state index in [2.05, 4.69) is 0 Å². The smallest absolute Gasteiger partial charge is 0.215 e. The van der Waals surface area contributed by atoms with E-state index in [9.17, 15) is 8.42 Å². The van der Waals surface area contributed by atoms with Crippen molar-refractivity contribution in [3.63, 3.8) is 0 Å². The monoisotopic (exact) mass is 306 g/mol. The maximum atomic E-state index is 12.9. The van der Waals surface area contributed by atoms with Gasteiger partial charge in [-0.3, -0.25) is 0 Å². The molecule has 2 aromatic carbocycles. The van der Waals surface area contributed by atoms with Gasteiger partial charge >= 0.3 is 0 Å². The van der Waals surface area contributed by atoms with Crippen LogP contribution in [-0.2, 0) is 9.84 Å². The first-order valence-corrected chi connectivity index (χ1v) is 7.60. The topological polar surface area (TPSA) is 105 Å². The number of benzene rings is 2. The predicted octanol–water partition coefficient (Wildman–Crippen LogP) is 1.68. The molecular weight excluding hydrogens is 292 g/mol. The predicted molar refractivity (Wildman–Crippen MR) is 79.3 cm³/mol. The molecule has 110 valence electrons. The van der Waals surface area contributed by atoms with Crippen LogP contribution in [0, 0.1) is 0 Å². The highest BCUT2D eigenvalue weighted by molar-refractivity contribution is 7.92. The van der Waals surface area contributed by atoms with Crippen molar-refractivity contribution < 1.29 is 17.9 Å². The van der Waals surface area contributed by atoms with Gasteiger partial charge in [0.25, 0.3) is 0 Å². The molecule has 0 bridgehead atoms. The Hall–Kier alpha value is -2.41. The minimum Gasteiger partial charge on any atom is -0.493 e. The summed E-state index contributed by atoms with van der Waals surface area (Å²) < 4.78 is 36.1. The Morgan fingerprint density at radius 1 is 0.810 bits per heavy atom. The lowest BCUT2D eigenvalue weighted by Crippen LogP contribution is -2.05. The molecule has 0 saturated carbocycles. The van der Waals surface area contributed by atoms with Crippen LogP contribution in [0.1, 0.15) is 0 Å². The van der Waals surface area contributed by atoms with E-state index in [0.29, 0.717) is 11.1 Å². The average Bonchev–Trinajstić information content (AvgIpc) is 2.68. The highest BCUT2D eigenvalue weighted by Gasteiger charge is 2.40. The van der Waals surface area contributed by atoms with E-state index in [0.717, 1.165) is 0 Å². The van der Waals surface area contributed by atoms with Crippen LogP contribution in [0.25, 0.3) is 11.1 Å². The first-order chi connectivity index (χ1) is 9.93. The molecule has 0 fully saturated rings. The summed E-state index contributed by atoms with van der Waals surface area (Å²) in [5, 5.41) is 0. The summed E-state index contributed by atoms with van der Waals surface area (Å²) in [6, 6.07) is 6.55. The van der Waals surface area contributed by atoms with Crippen LogP contribution in [0.4, 0.5) is 11.4 Å². The summed E-state index contributed by atoms with van der Waals surface area (Å²) in [5.74, 6) is 0.286. The normalized spacial score (nSPS) is 14.4. The van der Waals surface area contributed by atoms with Gasteiger partial charge in [-0.2, -0.15) is 0 Å². The number of methoxy groups -OCH3 is 2. The third-order valence-electron chi connectivity index (χ3n) is 3.52. The van der Waals surface area contributed by atoms with E-state index >= 15 is 0 Å². The van der Waals surface area contributed by atoms with E-state index in [1.54, 1.807) is 24.3 Å². The summed E-state index contributed by atoms with van der Waals surface area (Å²) >= 11 is 0. The Balaban J connectivity index is 2.49. The Kier molecular flexibility index (Phi) is 2.77. The van der Waals surface area contributed by atoms with Crippen LogP contribution in [0.15, 0.2) is 34.1 Å². The van der Waals surface area contributed by atoms with Crippen LogP contribution >= 0.6 is 0 Å². The molecule has 4 N–H and O–H groups in total. The van der Waals surface area contributed by atoms with Crippen molar-refractivity contribution >= 4 is 21.2 Å². The Morgan fingerprint density at radius 2 is 1.19 bits per heavy atom. The first kappa shape index (κ1) is 13.6. The third kappa shape index (κ3) is 1.61. The molecule has 0 atom stereocenters. The number of sulfone groups is 1. The van der Waals surface area contributed by atoms with Crippen molar-refractivity contribution in [3.8, 4) is 22.6 Å². The minimum atomic E-state index is -3.81. The van der Waals surface area contributed by atoms with Gasteiger partial charge in [0.15, 0.2) is 11.5 Å². The van der Waals surface area contributed by atoms with E-state index in [1.807, 2.05) is 0 Å². The zero-order chi connectivity index (χ0) is 15.4. The average molecular weight is 306 g/mol. The van der Waals surface area contributed by atoms with Crippen molar-refractivity contribution in [1.29, 1.82) is 0 Å². The molecule has 0 amide bonds. The number of rotatable bonds is 2. The maximum absolute atomic E-state index is 12.9. The standard InChI is InChI=1S/C14H14N2O4S/c1-19-11-9(15)5-3-7-8-4-6-10(16)12(20-2)14(8)21(17,18)13(7)11/h3-6H,15-16H2,1-2H3. The summed E-state index contributed by atoms with van der Waals surface area (Å²) in [6.45, 7) is 0. The van der Waals surface area contributed by atoms with Gasteiger partial charge < -0.3 is 20.9 Å². The third-order valence-corrected chi connectivity index (χ3v) is 5.41. The molecule has 0 saturated heterocycles. The van der Waals surface area contributed by atoms with Crippen molar-refractivity contribution in [3.05, 3.63) is 24.3 Å². The number of ether oxygens (including phenoxy) is 2. The molecule has 1 aliphatic rings. The van der Waals surface area contributed by atoms with E-state index in [1.165, 1.54) is 14.2 Å². The second-order valence-electron chi connectivity index (χ2n) is 4.63. The number of nitrogens with two attached hydrogens (primary N) is 2. The Bertz CT molecular complexity index is 794. The van der Waals surface area contributed by atoms with E-state index < -0.39 is 9.84 Å². The number of hydrogen-bond donors (Lipinski definition) is 2. The van der Waals surface area contributed by atoms with E-state index in [4.69, 9.17) is 20.9 Å². The molecular formula is C14H14N2O4S. The molecule has 0 aliphatic carbocycles. The molecule has 0 spiro atoms. The molecule has 0 radical (unpaired) electrons. The van der Waals surface area contributed by atoms with Crippen molar-refractivity contribution in [2.24, 2.45) is 0 Å². The largest absolute Gasteiger partial charge is 0.493 e. The van der Waals surface area contributed by atoms with Gasteiger partial charge in [0.1, 0.15) is 9.79 Å². The Morgan fingerprint density at radius 3 is 1.52 bits per heavy atom. The molecule has 21 heavy (non-hydrogen) atoms. The van der Waals surface area contributed by atoms with Gasteiger partial charge in [-0.15, -0.1) is 0 Å². The lowest BCUT2D eigenvalue weighted by Gasteiger charge is -2.10. The molecule has 3 rings (SSSR count). The highest BCUT2D eigenvalue weighted by atomic mass is 32.2. The molecule has 1 heterocycles. The number of nitrogen functional groups attached to an aromatic ring is 2. The van der Waals surface area contributed by atoms with Crippen molar-refractivity contribution in [2.75, 3.05) is 25.7 Å². The quantitative estimate of drug-likeness (QED) is 0.698. The summed E-state index contributed by atoms with van der Waals surface area (Å²) in [7, 11) is -1.04. The SMILES string of the molecule is COc1c(N)ccc2c1S(=O)(=O)c1c-2ccc(N)c1OC. The van der Waals surface area contributed by atoms with E-state index in [-0.39, 0.29) is 32.7 Å². The molecule has 2 aromatic rings. The summed E-state index contributed by atoms with van der Waals surface area (Å²) in [5.41, 5.74) is 13.2. The number of fused-ring (bicyclic) bond motifs is 3. The summed E-state index contributed by atoms with van der Waals surface area (Å²) in [6.07, 6.45) is 0. The lowest BCUT2D eigenvalue weighted by atomic mass is 10.0. The maximum Gasteiger partial charge on any atom is 0.215 e. The van der Waals surface area contributed by atoms with Crippen LogP contribution in [-0.4, -0.2) is 22.6 Å². The molecule has 6 nitrogen and oxygen atoms in total. The zero-order valence-corrected chi connectivity index (χ0v) is 12.3. The minimum absolute atomic E-state index is 0.0592. The van der Waals surface area contributed by atoms with Gasteiger partial charge in [0.05, 0.1) is 25.6 Å². The number of hydrogen-bond acceptors (Lipinski definition) is 6. The van der Waals surface area contributed by atoms with Gasteiger partial charge in [-0.25, -0.2) is 8.42 Å². The Labute approximate surface area is 122 Å². The van der Waals surface area contributed by atoms with Crippen LogP contribution in [0.3, 0.4) is 0 Å². The highest BCUT2D eigenvalue weighted by Crippen LogP contribution is 2.53. The van der Waals surface area contributed by atoms with Crippen LogP contribution in [0.5, 0.6) is 11.5 Å². The van der Waals surface area contributed by atoms with Crippen molar-refractivity contribution in [2.45, 2.75) is 9.79 Å². The number of anilines is 2. The zero-order valence-electron chi connectivity index (χ0n) is 11.5. The lowest BCUT2D eigenvalue weighted by molar-refractivity contribution is 0.403. The fourth-order valence-corrected chi connectivity index (χ4v) is 4.67. The first-order valence-electron chi connectivity index (χ1n) is 6.12. The van der Waals surface area contributed by atoms with Crippen LogP contribution in [0.2, 0.25) is 0 Å². The molecule has 0 aromatic heterocycles. The van der Waals surface area contributed by atoms with Crippen molar-refractivity contribution in [1.82, 2.24) is 0 Å². The van der Waals surface area contributed by atoms with Gasteiger partial charge in [0.2, 0.25) is 9.84 Å². The molecule has 1 aliphatic heterocycles. The second kappa shape index (κ2) is 4.29. The molecule has 7 heteroatoms. The van der Waals surface area contributed by atoms with Gasteiger partial charge in [-0.05, 0) is 12.1 Å². The van der Waals surface area contributed by atoms with Gasteiger partial charge in [0, 0.05) is 11.1 Å². The summed E-state index contributed by atoms with van der Waals surface area (Å²) in [4.78, 5) is 0.118. The van der Waals surface area contributed by atoms with Gasteiger partial charge in [-0.1, -0.05) is 12.1 Å².